The first-order chi connectivity index (χ1) is 8.49. The van der Waals surface area contributed by atoms with Crippen molar-refractivity contribution in [2.45, 2.75) is 19.8 Å². The summed E-state index contributed by atoms with van der Waals surface area (Å²) >= 11 is 0. The molecule has 1 aromatic rings. The molecule has 5 heteroatoms. The van der Waals surface area contributed by atoms with Gasteiger partial charge in [-0.05, 0) is 24.8 Å². The standard InChI is InChI=1S/C13H17FN2O2/c1-8-3-2-4-16(7-8)12-6-10(14)9(13(17)18)5-11(12)15/h5-6,8H,2-4,7,15H2,1H3,(H,17,18). The zero-order chi connectivity index (χ0) is 13.3. The fourth-order valence-electron chi connectivity index (χ4n) is 2.43. The van der Waals surface area contributed by atoms with E-state index in [1.807, 2.05) is 4.90 Å². The lowest BCUT2D eigenvalue weighted by Crippen LogP contribution is -2.34. The van der Waals surface area contributed by atoms with Gasteiger partial charge in [-0.3, -0.25) is 0 Å². The second kappa shape index (κ2) is 4.84. The molecule has 0 aliphatic carbocycles. The van der Waals surface area contributed by atoms with Crippen molar-refractivity contribution in [3.63, 3.8) is 0 Å². The van der Waals surface area contributed by atoms with E-state index in [-0.39, 0.29) is 5.56 Å². The van der Waals surface area contributed by atoms with Gasteiger partial charge in [0.05, 0.1) is 16.9 Å². The number of anilines is 2. The summed E-state index contributed by atoms with van der Waals surface area (Å²) in [6.07, 6.45) is 2.20. The molecule has 3 N–H and O–H groups in total. The van der Waals surface area contributed by atoms with Crippen LogP contribution in [-0.2, 0) is 0 Å². The Bertz CT molecular complexity index is 476. The van der Waals surface area contributed by atoms with Gasteiger partial charge in [0, 0.05) is 19.2 Å². The normalized spacial score (nSPS) is 19.9. The summed E-state index contributed by atoms with van der Waals surface area (Å²) in [5.74, 6) is -1.48. The zero-order valence-electron chi connectivity index (χ0n) is 10.3. The number of rotatable bonds is 2. The average Bonchev–Trinajstić information content (AvgIpc) is 2.31. The maximum atomic E-state index is 13.7. The first-order valence-corrected chi connectivity index (χ1v) is 6.06. The van der Waals surface area contributed by atoms with Crippen molar-refractivity contribution >= 4 is 17.3 Å². The van der Waals surface area contributed by atoms with Crippen LogP contribution in [0.2, 0.25) is 0 Å². The fourth-order valence-corrected chi connectivity index (χ4v) is 2.43. The molecule has 1 aliphatic rings. The van der Waals surface area contributed by atoms with Crippen LogP contribution in [0.4, 0.5) is 15.8 Å². The number of nitrogens with zero attached hydrogens (tertiary/aromatic N) is 1. The molecule has 2 rings (SSSR count). The molecule has 0 amide bonds. The van der Waals surface area contributed by atoms with Gasteiger partial charge in [0.15, 0.2) is 0 Å². The Kier molecular flexibility index (Phi) is 3.41. The predicted octanol–water partition coefficient (Wildman–Crippen LogP) is 2.34. The first kappa shape index (κ1) is 12.7. The zero-order valence-corrected chi connectivity index (χ0v) is 10.3. The Balaban J connectivity index is 2.34. The molecule has 1 atom stereocenters. The van der Waals surface area contributed by atoms with Gasteiger partial charge in [0.2, 0.25) is 0 Å². The molecule has 0 aromatic heterocycles. The second-order valence-corrected chi connectivity index (χ2v) is 4.89. The van der Waals surface area contributed by atoms with E-state index >= 15 is 0 Å². The molecule has 18 heavy (non-hydrogen) atoms. The number of carbonyl (C=O) groups is 1. The van der Waals surface area contributed by atoms with Crippen molar-refractivity contribution in [2.24, 2.45) is 5.92 Å². The van der Waals surface area contributed by atoms with Crippen molar-refractivity contribution in [1.29, 1.82) is 0 Å². The minimum absolute atomic E-state index is 0.322. The third-order valence-electron chi connectivity index (χ3n) is 3.34. The van der Waals surface area contributed by atoms with Crippen LogP contribution in [0.3, 0.4) is 0 Å². The summed E-state index contributed by atoms with van der Waals surface area (Å²) in [4.78, 5) is 12.8. The van der Waals surface area contributed by atoms with Crippen LogP contribution >= 0.6 is 0 Å². The number of hydrogen-bond donors (Lipinski definition) is 2. The highest BCUT2D eigenvalue weighted by Gasteiger charge is 2.21. The number of aromatic carboxylic acids is 1. The molecule has 0 saturated carbocycles. The van der Waals surface area contributed by atoms with Gasteiger partial charge in [-0.25, -0.2) is 9.18 Å². The molecule has 4 nitrogen and oxygen atoms in total. The number of carboxylic acid groups (broad SMARTS) is 1. The Hall–Kier alpha value is -1.78. The monoisotopic (exact) mass is 252 g/mol. The van der Waals surface area contributed by atoms with Gasteiger partial charge in [0.1, 0.15) is 5.82 Å². The number of piperidine rings is 1. The topological polar surface area (TPSA) is 66.6 Å². The molecule has 98 valence electrons. The van der Waals surface area contributed by atoms with Gasteiger partial charge in [-0.15, -0.1) is 0 Å². The van der Waals surface area contributed by atoms with E-state index < -0.39 is 11.8 Å². The largest absolute Gasteiger partial charge is 0.478 e. The quantitative estimate of drug-likeness (QED) is 0.793. The summed E-state index contributed by atoms with van der Waals surface area (Å²) in [6, 6.07) is 2.43. The van der Waals surface area contributed by atoms with E-state index in [9.17, 15) is 9.18 Å². The van der Waals surface area contributed by atoms with Gasteiger partial charge in [0.25, 0.3) is 0 Å². The van der Waals surface area contributed by atoms with Crippen molar-refractivity contribution in [3.8, 4) is 0 Å². The Morgan fingerprint density at radius 2 is 2.28 bits per heavy atom. The predicted molar refractivity (Wildman–Crippen MR) is 68.4 cm³/mol. The maximum Gasteiger partial charge on any atom is 0.338 e. The lowest BCUT2D eigenvalue weighted by Gasteiger charge is -2.33. The fraction of sp³-hybridized carbons (Fsp3) is 0.462. The smallest absolute Gasteiger partial charge is 0.338 e. The van der Waals surface area contributed by atoms with Gasteiger partial charge in [-0.2, -0.15) is 0 Å². The Morgan fingerprint density at radius 1 is 1.56 bits per heavy atom. The lowest BCUT2D eigenvalue weighted by atomic mass is 9.99. The number of carboxylic acids is 1. The molecule has 0 bridgehead atoms. The summed E-state index contributed by atoms with van der Waals surface area (Å²) in [5.41, 5.74) is 6.38. The minimum atomic E-state index is -1.29. The van der Waals surface area contributed by atoms with E-state index in [2.05, 4.69) is 6.92 Å². The molecule has 1 unspecified atom stereocenters. The van der Waals surface area contributed by atoms with E-state index in [0.29, 0.717) is 17.3 Å². The van der Waals surface area contributed by atoms with Crippen molar-refractivity contribution < 1.29 is 14.3 Å². The first-order valence-electron chi connectivity index (χ1n) is 6.06. The molecule has 0 spiro atoms. The van der Waals surface area contributed by atoms with E-state index in [0.717, 1.165) is 25.9 Å². The molecule has 1 aliphatic heterocycles. The molecule has 1 saturated heterocycles. The molecular weight excluding hydrogens is 235 g/mol. The Morgan fingerprint density at radius 3 is 2.89 bits per heavy atom. The van der Waals surface area contributed by atoms with Crippen LogP contribution in [-0.4, -0.2) is 24.2 Å². The van der Waals surface area contributed by atoms with E-state index in [4.69, 9.17) is 10.8 Å². The van der Waals surface area contributed by atoms with Crippen molar-refractivity contribution in [1.82, 2.24) is 0 Å². The van der Waals surface area contributed by atoms with Crippen LogP contribution in [0.5, 0.6) is 0 Å². The van der Waals surface area contributed by atoms with Crippen LogP contribution in [0.15, 0.2) is 12.1 Å². The molecule has 1 aromatic carbocycles. The van der Waals surface area contributed by atoms with Gasteiger partial charge >= 0.3 is 5.97 Å². The highest BCUT2D eigenvalue weighted by atomic mass is 19.1. The average molecular weight is 252 g/mol. The third-order valence-corrected chi connectivity index (χ3v) is 3.34. The second-order valence-electron chi connectivity index (χ2n) is 4.89. The molecule has 1 heterocycles. The molecule has 1 fully saturated rings. The van der Waals surface area contributed by atoms with Crippen molar-refractivity contribution in [3.05, 3.63) is 23.5 Å². The molecular formula is C13H17FN2O2. The van der Waals surface area contributed by atoms with Gasteiger partial charge < -0.3 is 15.7 Å². The maximum absolute atomic E-state index is 13.7. The lowest BCUT2D eigenvalue weighted by molar-refractivity contribution is 0.0692. The van der Waals surface area contributed by atoms with Crippen LogP contribution < -0.4 is 10.6 Å². The minimum Gasteiger partial charge on any atom is -0.478 e. The number of benzene rings is 1. The summed E-state index contributed by atoms with van der Waals surface area (Å²) in [5, 5.41) is 8.82. The number of hydrogen-bond acceptors (Lipinski definition) is 3. The summed E-state index contributed by atoms with van der Waals surface area (Å²) in [6.45, 7) is 3.81. The van der Waals surface area contributed by atoms with E-state index in [1.165, 1.54) is 12.1 Å². The number of nitrogen functional groups attached to an aromatic ring is 1. The van der Waals surface area contributed by atoms with Crippen LogP contribution in [0.1, 0.15) is 30.1 Å². The van der Waals surface area contributed by atoms with Crippen LogP contribution in [0, 0.1) is 11.7 Å². The highest BCUT2D eigenvalue weighted by molar-refractivity contribution is 5.91. The molecule has 0 radical (unpaired) electrons. The van der Waals surface area contributed by atoms with E-state index in [1.54, 1.807) is 0 Å². The summed E-state index contributed by atoms with van der Waals surface area (Å²) in [7, 11) is 0. The Labute approximate surface area is 105 Å². The number of halogens is 1. The highest BCUT2D eigenvalue weighted by Crippen LogP contribution is 2.30. The third kappa shape index (κ3) is 2.39. The number of nitrogens with two attached hydrogens (primary N) is 1. The van der Waals surface area contributed by atoms with Crippen LogP contribution in [0.25, 0.3) is 0 Å². The van der Waals surface area contributed by atoms with Crippen molar-refractivity contribution in [2.75, 3.05) is 23.7 Å². The SMILES string of the molecule is CC1CCCN(c2cc(F)c(C(=O)O)cc2N)C1. The summed E-state index contributed by atoms with van der Waals surface area (Å²) < 4.78 is 13.7. The van der Waals surface area contributed by atoms with Gasteiger partial charge in [-0.1, -0.05) is 6.92 Å².